The lowest BCUT2D eigenvalue weighted by Gasteiger charge is -2.16. The van der Waals surface area contributed by atoms with Crippen LogP contribution in [-0.2, 0) is 14.3 Å². The van der Waals surface area contributed by atoms with Gasteiger partial charge in [-0.15, -0.1) is 0 Å². The Morgan fingerprint density at radius 3 is 2.41 bits per heavy atom. The van der Waals surface area contributed by atoms with Gasteiger partial charge in [-0.3, -0.25) is 4.18 Å². The summed E-state index contributed by atoms with van der Waals surface area (Å²) in [4.78, 5) is 9.70. The fraction of sp³-hybridized carbons (Fsp3) is 0.185. The number of aryl methyl sites for hydroxylation is 1. The van der Waals surface area contributed by atoms with Crippen molar-refractivity contribution in [1.82, 2.24) is 9.97 Å². The molecule has 4 aromatic rings. The first-order valence-corrected chi connectivity index (χ1v) is 13.9. The number of ether oxygens (including phenoxy) is 3. The number of benzene rings is 3. The number of nitrogens with zero attached hydrogens (tertiary/aromatic N) is 2. The van der Waals surface area contributed by atoms with Gasteiger partial charge in [0.05, 0.1) is 19.1 Å². The Morgan fingerprint density at radius 2 is 1.69 bits per heavy atom. The number of halogens is 1. The van der Waals surface area contributed by atoms with Crippen molar-refractivity contribution in [2.45, 2.75) is 21.7 Å². The summed E-state index contributed by atoms with van der Waals surface area (Å²) in [5.41, 5.74) is 1.13. The quantitative estimate of drug-likeness (QED) is 0.131. The molecule has 0 saturated carbocycles. The van der Waals surface area contributed by atoms with Crippen molar-refractivity contribution in [3.8, 4) is 17.2 Å². The number of anilines is 2. The van der Waals surface area contributed by atoms with Crippen LogP contribution in [-0.4, -0.2) is 45.8 Å². The number of aromatic nitrogens is 2. The van der Waals surface area contributed by atoms with Crippen LogP contribution in [0.5, 0.6) is 17.2 Å². The van der Waals surface area contributed by atoms with Gasteiger partial charge in [-0.25, -0.2) is 14.4 Å². The van der Waals surface area contributed by atoms with Crippen molar-refractivity contribution in [3.05, 3.63) is 84.3 Å². The highest BCUT2D eigenvalue weighted by atomic mass is 32.2. The molecular weight excluding hydrogens is 545 g/mol. The molecule has 0 aliphatic rings. The van der Waals surface area contributed by atoms with Crippen LogP contribution in [0, 0.1) is 12.7 Å². The maximum absolute atomic E-state index is 13.2. The topological polar surface area (TPSA) is 109 Å². The fourth-order valence-corrected chi connectivity index (χ4v) is 5.41. The highest BCUT2D eigenvalue weighted by Crippen LogP contribution is 2.41. The van der Waals surface area contributed by atoms with Crippen LogP contribution in [0.2, 0.25) is 0 Å². The van der Waals surface area contributed by atoms with Crippen LogP contribution in [0.3, 0.4) is 0 Å². The smallest absolute Gasteiger partial charge is 0.297 e. The number of methoxy groups -OCH3 is 2. The number of hydrogen-bond acceptors (Lipinski definition) is 10. The summed E-state index contributed by atoms with van der Waals surface area (Å²) >= 11 is 1.36. The standard InChI is InChI=1S/C27H26FN3O6S2/c1-18-6-4-5-7-24(18)39(32,33)37-15-14-36-23-17-20(16-22(34-2)26(23)35-3)30-27-29-13-12-25(31-27)38-21-10-8-19(28)9-11-21/h4-13,16-17H,14-15H2,1-3H3,(H,29,30,31). The van der Waals surface area contributed by atoms with E-state index in [1.54, 1.807) is 61.7 Å². The SMILES string of the molecule is COc1cc(Nc2nccc(Sc3ccc(F)cc3)n2)cc(OCCOS(=O)(=O)c2ccccc2C)c1OC. The zero-order valence-corrected chi connectivity index (χ0v) is 23.0. The fourth-order valence-electron chi connectivity index (χ4n) is 3.52. The Kier molecular flexibility index (Phi) is 9.23. The van der Waals surface area contributed by atoms with E-state index in [1.807, 2.05) is 0 Å². The second kappa shape index (κ2) is 12.8. The van der Waals surface area contributed by atoms with E-state index in [-0.39, 0.29) is 23.9 Å². The molecule has 0 fully saturated rings. The van der Waals surface area contributed by atoms with Gasteiger partial charge < -0.3 is 19.5 Å². The molecule has 0 radical (unpaired) electrons. The lowest BCUT2D eigenvalue weighted by Crippen LogP contribution is -2.14. The van der Waals surface area contributed by atoms with E-state index in [4.69, 9.17) is 18.4 Å². The molecule has 0 amide bonds. The normalized spacial score (nSPS) is 11.2. The van der Waals surface area contributed by atoms with E-state index in [0.29, 0.717) is 39.5 Å². The third-order valence-corrected chi connectivity index (χ3v) is 7.73. The maximum atomic E-state index is 13.2. The van der Waals surface area contributed by atoms with Gasteiger partial charge >= 0.3 is 0 Å². The molecule has 3 aromatic carbocycles. The van der Waals surface area contributed by atoms with Gasteiger partial charge in [-0.2, -0.15) is 8.42 Å². The molecule has 4 rings (SSSR count). The van der Waals surface area contributed by atoms with Gasteiger partial charge in [-0.1, -0.05) is 30.0 Å². The Bertz CT molecular complexity index is 1540. The van der Waals surface area contributed by atoms with Gasteiger partial charge in [0.1, 0.15) is 24.1 Å². The first-order chi connectivity index (χ1) is 18.8. The molecule has 1 aromatic heterocycles. The molecule has 0 unspecified atom stereocenters. The van der Waals surface area contributed by atoms with Crippen LogP contribution in [0.25, 0.3) is 0 Å². The molecule has 1 N–H and O–H groups in total. The van der Waals surface area contributed by atoms with E-state index in [9.17, 15) is 12.8 Å². The minimum Gasteiger partial charge on any atom is -0.493 e. The first kappa shape index (κ1) is 28.1. The molecule has 1 heterocycles. The van der Waals surface area contributed by atoms with Crippen LogP contribution in [0.15, 0.2) is 87.7 Å². The lowest BCUT2D eigenvalue weighted by atomic mass is 10.2. The average molecular weight is 572 g/mol. The second-order valence-electron chi connectivity index (χ2n) is 8.00. The third-order valence-electron chi connectivity index (χ3n) is 5.31. The molecular formula is C27H26FN3O6S2. The van der Waals surface area contributed by atoms with Gasteiger partial charge in [0.25, 0.3) is 10.1 Å². The second-order valence-corrected chi connectivity index (χ2v) is 10.7. The number of nitrogens with one attached hydrogen (secondary N) is 1. The van der Waals surface area contributed by atoms with Gasteiger partial charge in [-0.05, 0) is 48.9 Å². The van der Waals surface area contributed by atoms with E-state index >= 15 is 0 Å². The minimum atomic E-state index is -3.94. The largest absolute Gasteiger partial charge is 0.493 e. The summed E-state index contributed by atoms with van der Waals surface area (Å²) in [6, 6.07) is 17.8. The molecule has 204 valence electrons. The van der Waals surface area contributed by atoms with Gasteiger partial charge in [0, 0.05) is 28.9 Å². The summed E-state index contributed by atoms with van der Waals surface area (Å²) in [6.07, 6.45) is 1.60. The monoisotopic (exact) mass is 571 g/mol. The Hall–Kier alpha value is -3.87. The number of hydrogen-bond donors (Lipinski definition) is 1. The van der Waals surface area contributed by atoms with Crippen molar-refractivity contribution in [2.75, 3.05) is 32.8 Å². The molecule has 0 bridgehead atoms. The van der Waals surface area contributed by atoms with E-state index in [1.165, 1.54) is 44.2 Å². The van der Waals surface area contributed by atoms with E-state index in [0.717, 1.165) is 4.90 Å². The third kappa shape index (κ3) is 7.37. The number of rotatable bonds is 12. The molecule has 39 heavy (non-hydrogen) atoms. The first-order valence-electron chi connectivity index (χ1n) is 11.7. The van der Waals surface area contributed by atoms with Gasteiger partial charge in [0.2, 0.25) is 11.7 Å². The van der Waals surface area contributed by atoms with Crippen molar-refractivity contribution in [1.29, 1.82) is 0 Å². The average Bonchev–Trinajstić information content (AvgIpc) is 2.92. The van der Waals surface area contributed by atoms with Crippen LogP contribution in [0.4, 0.5) is 16.0 Å². The molecule has 0 saturated heterocycles. The highest BCUT2D eigenvalue weighted by molar-refractivity contribution is 7.99. The van der Waals surface area contributed by atoms with Crippen LogP contribution < -0.4 is 19.5 Å². The Morgan fingerprint density at radius 1 is 0.949 bits per heavy atom. The van der Waals surface area contributed by atoms with Gasteiger partial charge in [0.15, 0.2) is 11.5 Å². The summed E-state index contributed by atoms with van der Waals surface area (Å²) in [7, 11) is -0.983. The molecule has 9 nitrogen and oxygen atoms in total. The Labute approximate surface area is 230 Å². The van der Waals surface area contributed by atoms with Crippen LogP contribution >= 0.6 is 11.8 Å². The molecule has 12 heteroatoms. The zero-order chi connectivity index (χ0) is 27.8. The summed E-state index contributed by atoms with van der Waals surface area (Å²) in [5.74, 6) is 1.01. The maximum Gasteiger partial charge on any atom is 0.297 e. The molecule has 0 atom stereocenters. The van der Waals surface area contributed by atoms with E-state index in [2.05, 4.69) is 15.3 Å². The van der Waals surface area contributed by atoms with E-state index < -0.39 is 10.1 Å². The lowest BCUT2D eigenvalue weighted by molar-refractivity contribution is 0.213. The Balaban J connectivity index is 1.46. The zero-order valence-electron chi connectivity index (χ0n) is 21.4. The summed E-state index contributed by atoms with van der Waals surface area (Å²) in [5, 5.41) is 3.77. The summed E-state index contributed by atoms with van der Waals surface area (Å²) in [6.45, 7) is 1.41. The van der Waals surface area contributed by atoms with Crippen molar-refractivity contribution < 1.29 is 31.2 Å². The minimum absolute atomic E-state index is 0.0750. The molecule has 0 aliphatic heterocycles. The van der Waals surface area contributed by atoms with Crippen molar-refractivity contribution in [3.63, 3.8) is 0 Å². The van der Waals surface area contributed by atoms with Crippen LogP contribution in [0.1, 0.15) is 5.56 Å². The molecule has 0 aliphatic carbocycles. The van der Waals surface area contributed by atoms with Crippen molar-refractivity contribution >= 4 is 33.5 Å². The predicted octanol–water partition coefficient (Wildman–Crippen LogP) is 5.62. The molecule has 0 spiro atoms. The predicted molar refractivity (Wildman–Crippen MR) is 145 cm³/mol. The van der Waals surface area contributed by atoms with Crippen molar-refractivity contribution in [2.24, 2.45) is 0 Å². The summed E-state index contributed by atoms with van der Waals surface area (Å²) < 4.78 is 60.2. The highest BCUT2D eigenvalue weighted by Gasteiger charge is 2.19.